The number of pyridine rings is 1. The molecule has 1 aromatic heterocycles. The molecule has 1 aromatic carbocycles. The molecule has 7 heteroatoms. The third-order valence-corrected chi connectivity index (χ3v) is 5.97. The molecule has 1 N–H and O–H groups in total. The van der Waals surface area contributed by atoms with Crippen molar-refractivity contribution in [3.8, 4) is 16.9 Å². The van der Waals surface area contributed by atoms with Gasteiger partial charge in [0.05, 0.1) is 24.5 Å². The van der Waals surface area contributed by atoms with Crippen LogP contribution in [0.2, 0.25) is 0 Å². The van der Waals surface area contributed by atoms with Crippen molar-refractivity contribution in [2.45, 2.75) is 31.2 Å². The van der Waals surface area contributed by atoms with E-state index in [4.69, 9.17) is 9.47 Å². The third-order valence-electron chi connectivity index (χ3n) is 4.10. The van der Waals surface area contributed by atoms with Crippen molar-refractivity contribution in [1.82, 2.24) is 9.71 Å². The van der Waals surface area contributed by atoms with Crippen molar-refractivity contribution < 1.29 is 17.9 Å². The largest absolute Gasteiger partial charge is 0.486 e. The predicted octanol–water partition coefficient (Wildman–Crippen LogP) is 2.22. The summed E-state index contributed by atoms with van der Waals surface area (Å²) in [5.41, 5.74) is 2.07. The summed E-state index contributed by atoms with van der Waals surface area (Å²) in [4.78, 5) is 4.11. The standard InChI is InChI=1S/C18H22N2O4S/c1-13(2)25(21,22)20-17-11-23-12-18(17)24-16-7-5-14(6-8-16)15-4-3-9-19-10-15/h3-10,13,17-18,20H,11-12H2,1-2H3. The lowest BCUT2D eigenvalue weighted by Crippen LogP contribution is -2.47. The van der Waals surface area contributed by atoms with E-state index in [0.29, 0.717) is 19.0 Å². The van der Waals surface area contributed by atoms with E-state index in [9.17, 15) is 8.42 Å². The second kappa shape index (κ2) is 7.51. The van der Waals surface area contributed by atoms with Crippen LogP contribution in [-0.4, -0.2) is 44.0 Å². The first kappa shape index (κ1) is 17.8. The Morgan fingerprint density at radius 2 is 1.92 bits per heavy atom. The fraction of sp³-hybridized carbons (Fsp3) is 0.389. The summed E-state index contributed by atoms with van der Waals surface area (Å²) in [6.07, 6.45) is 3.19. The number of sulfonamides is 1. The van der Waals surface area contributed by atoms with Crippen molar-refractivity contribution in [2.75, 3.05) is 13.2 Å². The number of rotatable bonds is 6. The zero-order valence-electron chi connectivity index (χ0n) is 14.3. The first-order valence-corrected chi connectivity index (χ1v) is 9.76. The lowest BCUT2D eigenvalue weighted by atomic mass is 10.1. The van der Waals surface area contributed by atoms with Crippen LogP contribution >= 0.6 is 0 Å². The summed E-state index contributed by atoms with van der Waals surface area (Å²) in [6, 6.07) is 11.1. The van der Waals surface area contributed by atoms with Gasteiger partial charge in [-0.2, -0.15) is 0 Å². The van der Waals surface area contributed by atoms with Crippen LogP contribution in [0.1, 0.15) is 13.8 Å². The van der Waals surface area contributed by atoms with Crippen molar-refractivity contribution in [1.29, 1.82) is 0 Å². The van der Waals surface area contributed by atoms with E-state index >= 15 is 0 Å². The van der Waals surface area contributed by atoms with Gasteiger partial charge in [-0.25, -0.2) is 13.1 Å². The Hall–Kier alpha value is -1.96. The summed E-state index contributed by atoms with van der Waals surface area (Å²) in [7, 11) is -3.37. The monoisotopic (exact) mass is 362 g/mol. The molecule has 3 rings (SSSR count). The van der Waals surface area contributed by atoms with Gasteiger partial charge in [0.2, 0.25) is 10.0 Å². The Balaban J connectivity index is 1.67. The van der Waals surface area contributed by atoms with Gasteiger partial charge in [-0.1, -0.05) is 18.2 Å². The van der Waals surface area contributed by atoms with Crippen LogP contribution in [0.25, 0.3) is 11.1 Å². The van der Waals surface area contributed by atoms with E-state index in [0.717, 1.165) is 11.1 Å². The molecule has 1 saturated heterocycles. The van der Waals surface area contributed by atoms with Crippen molar-refractivity contribution in [3.63, 3.8) is 0 Å². The van der Waals surface area contributed by atoms with Crippen molar-refractivity contribution in [3.05, 3.63) is 48.8 Å². The van der Waals surface area contributed by atoms with E-state index in [1.165, 1.54) is 0 Å². The topological polar surface area (TPSA) is 77.5 Å². The maximum absolute atomic E-state index is 12.1. The molecule has 0 radical (unpaired) electrons. The highest BCUT2D eigenvalue weighted by Crippen LogP contribution is 2.23. The molecule has 134 valence electrons. The minimum absolute atomic E-state index is 0.310. The highest BCUT2D eigenvalue weighted by atomic mass is 32.2. The molecule has 2 unspecified atom stereocenters. The van der Waals surface area contributed by atoms with E-state index in [-0.39, 0.29) is 12.1 Å². The molecular weight excluding hydrogens is 340 g/mol. The smallest absolute Gasteiger partial charge is 0.214 e. The highest BCUT2D eigenvalue weighted by molar-refractivity contribution is 7.90. The van der Waals surface area contributed by atoms with Gasteiger partial charge in [-0.3, -0.25) is 4.98 Å². The van der Waals surface area contributed by atoms with Crippen LogP contribution in [-0.2, 0) is 14.8 Å². The summed E-state index contributed by atoms with van der Waals surface area (Å²) in [6.45, 7) is 3.95. The SMILES string of the molecule is CC(C)S(=O)(=O)NC1COCC1Oc1ccc(-c2cccnc2)cc1. The zero-order chi connectivity index (χ0) is 17.9. The van der Waals surface area contributed by atoms with Crippen LogP contribution in [0.15, 0.2) is 48.8 Å². The molecule has 0 aliphatic carbocycles. The van der Waals surface area contributed by atoms with Gasteiger partial charge in [-0.05, 0) is 43.2 Å². The van der Waals surface area contributed by atoms with Gasteiger partial charge >= 0.3 is 0 Å². The summed E-state index contributed by atoms with van der Waals surface area (Å²) >= 11 is 0. The van der Waals surface area contributed by atoms with Crippen LogP contribution < -0.4 is 9.46 Å². The van der Waals surface area contributed by atoms with Crippen molar-refractivity contribution in [2.24, 2.45) is 0 Å². The first-order chi connectivity index (χ1) is 12.0. The molecule has 1 fully saturated rings. The average molecular weight is 362 g/mol. The molecule has 2 atom stereocenters. The zero-order valence-corrected chi connectivity index (χ0v) is 15.1. The maximum Gasteiger partial charge on any atom is 0.214 e. The van der Waals surface area contributed by atoms with E-state index in [1.54, 1.807) is 26.2 Å². The second-order valence-electron chi connectivity index (χ2n) is 6.28. The molecule has 1 aliphatic heterocycles. The molecule has 0 spiro atoms. The van der Waals surface area contributed by atoms with Gasteiger partial charge < -0.3 is 9.47 Å². The van der Waals surface area contributed by atoms with Gasteiger partial charge in [0.1, 0.15) is 11.9 Å². The minimum atomic E-state index is -3.37. The molecule has 6 nitrogen and oxygen atoms in total. The summed E-state index contributed by atoms with van der Waals surface area (Å²) < 4.78 is 38.1. The van der Waals surface area contributed by atoms with Gasteiger partial charge in [0.15, 0.2) is 0 Å². The van der Waals surface area contributed by atoms with Gasteiger partial charge in [0, 0.05) is 12.4 Å². The highest BCUT2D eigenvalue weighted by Gasteiger charge is 2.34. The number of hydrogen-bond donors (Lipinski definition) is 1. The number of benzene rings is 1. The second-order valence-corrected chi connectivity index (χ2v) is 8.55. The molecule has 0 bridgehead atoms. The number of aromatic nitrogens is 1. The number of nitrogens with one attached hydrogen (secondary N) is 1. The number of ether oxygens (including phenoxy) is 2. The number of nitrogens with zero attached hydrogens (tertiary/aromatic N) is 1. The minimum Gasteiger partial charge on any atom is -0.486 e. The molecule has 25 heavy (non-hydrogen) atoms. The third kappa shape index (κ3) is 4.36. The molecular formula is C18H22N2O4S. The van der Waals surface area contributed by atoms with Gasteiger partial charge in [-0.15, -0.1) is 0 Å². The average Bonchev–Trinajstić information content (AvgIpc) is 3.02. The molecule has 0 saturated carbocycles. The van der Waals surface area contributed by atoms with Crippen LogP contribution in [0, 0.1) is 0 Å². The summed E-state index contributed by atoms with van der Waals surface area (Å²) in [5, 5.41) is -0.493. The fourth-order valence-electron chi connectivity index (χ4n) is 2.54. The Bertz CT molecular complexity index is 792. The lowest BCUT2D eigenvalue weighted by Gasteiger charge is -2.21. The number of hydrogen-bond acceptors (Lipinski definition) is 5. The first-order valence-electron chi connectivity index (χ1n) is 8.22. The molecule has 1 aliphatic rings. The maximum atomic E-state index is 12.1. The van der Waals surface area contributed by atoms with Crippen LogP contribution in [0.3, 0.4) is 0 Å². The molecule has 0 amide bonds. The summed E-state index contributed by atoms with van der Waals surface area (Å²) in [5.74, 6) is 0.678. The Labute approximate surface area is 148 Å². The fourth-order valence-corrected chi connectivity index (χ4v) is 3.46. The van der Waals surface area contributed by atoms with E-state index in [1.807, 2.05) is 36.4 Å². The van der Waals surface area contributed by atoms with Crippen molar-refractivity contribution >= 4 is 10.0 Å². The quantitative estimate of drug-likeness (QED) is 0.853. The van der Waals surface area contributed by atoms with E-state index < -0.39 is 15.3 Å². The normalized spacial score (nSPS) is 20.8. The lowest BCUT2D eigenvalue weighted by molar-refractivity contribution is 0.140. The Morgan fingerprint density at radius 3 is 2.56 bits per heavy atom. The van der Waals surface area contributed by atoms with Crippen LogP contribution in [0.5, 0.6) is 5.75 Å². The predicted molar refractivity (Wildman–Crippen MR) is 95.9 cm³/mol. The van der Waals surface area contributed by atoms with E-state index in [2.05, 4.69) is 9.71 Å². The molecule has 2 heterocycles. The Morgan fingerprint density at radius 1 is 1.16 bits per heavy atom. The van der Waals surface area contributed by atoms with Crippen LogP contribution in [0.4, 0.5) is 0 Å². The van der Waals surface area contributed by atoms with Gasteiger partial charge in [0.25, 0.3) is 0 Å². The molecule has 2 aromatic rings. The Kier molecular flexibility index (Phi) is 5.36.